The zero-order valence-corrected chi connectivity index (χ0v) is 14.9. The number of para-hydroxylation sites is 1. The van der Waals surface area contributed by atoms with Gasteiger partial charge in [0, 0.05) is 11.6 Å². The van der Waals surface area contributed by atoms with Gasteiger partial charge in [-0.1, -0.05) is 43.2 Å². The van der Waals surface area contributed by atoms with Gasteiger partial charge in [-0.05, 0) is 37.1 Å². The predicted octanol–water partition coefficient (Wildman–Crippen LogP) is 3.15. The summed E-state index contributed by atoms with van der Waals surface area (Å²) in [7, 11) is 0. The van der Waals surface area contributed by atoms with E-state index >= 15 is 0 Å². The Morgan fingerprint density at radius 2 is 1.59 bits per heavy atom. The molecule has 2 aromatic carbocycles. The van der Waals surface area contributed by atoms with Crippen molar-refractivity contribution in [3.8, 4) is 0 Å². The first kappa shape index (κ1) is 18.6. The lowest BCUT2D eigenvalue weighted by molar-refractivity contribution is -0.124. The van der Waals surface area contributed by atoms with Crippen molar-refractivity contribution in [2.75, 3.05) is 11.9 Å². The van der Waals surface area contributed by atoms with Crippen LogP contribution in [-0.2, 0) is 9.53 Å². The third kappa shape index (κ3) is 5.17. The monoisotopic (exact) mass is 366 g/mol. The number of hydrogen-bond acceptors (Lipinski definition) is 4. The maximum absolute atomic E-state index is 12.4. The van der Waals surface area contributed by atoms with E-state index in [2.05, 4.69) is 10.6 Å². The smallest absolute Gasteiger partial charge is 0.340 e. The van der Waals surface area contributed by atoms with Gasteiger partial charge in [0.25, 0.3) is 11.8 Å². The van der Waals surface area contributed by atoms with E-state index in [1.165, 1.54) is 0 Å². The van der Waals surface area contributed by atoms with Gasteiger partial charge in [-0.3, -0.25) is 9.59 Å². The van der Waals surface area contributed by atoms with Crippen molar-refractivity contribution in [3.63, 3.8) is 0 Å². The quantitative estimate of drug-likeness (QED) is 0.769. The summed E-state index contributed by atoms with van der Waals surface area (Å²) in [6, 6.07) is 15.4. The number of anilines is 1. The fourth-order valence-electron chi connectivity index (χ4n) is 3.10. The van der Waals surface area contributed by atoms with Crippen molar-refractivity contribution in [2.45, 2.75) is 31.7 Å². The van der Waals surface area contributed by atoms with Crippen molar-refractivity contribution in [1.82, 2.24) is 5.32 Å². The molecule has 2 amide bonds. The molecule has 0 spiro atoms. The van der Waals surface area contributed by atoms with E-state index in [4.69, 9.17) is 4.74 Å². The molecule has 0 radical (unpaired) electrons. The maximum Gasteiger partial charge on any atom is 0.340 e. The highest BCUT2D eigenvalue weighted by molar-refractivity contribution is 6.08. The van der Waals surface area contributed by atoms with Crippen LogP contribution in [0, 0.1) is 0 Å². The molecule has 0 aromatic heterocycles. The van der Waals surface area contributed by atoms with Crippen LogP contribution in [0.25, 0.3) is 0 Å². The lowest BCUT2D eigenvalue weighted by Crippen LogP contribution is -2.36. The molecular formula is C21H22N2O4. The molecule has 1 fully saturated rings. The zero-order valence-electron chi connectivity index (χ0n) is 14.9. The highest BCUT2D eigenvalue weighted by atomic mass is 16.5. The van der Waals surface area contributed by atoms with E-state index in [0.717, 1.165) is 25.7 Å². The third-order valence-corrected chi connectivity index (χ3v) is 4.49. The van der Waals surface area contributed by atoms with Gasteiger partial charge < -0.3 is 15.4 Å². The summed E-state index contributed by atoms with van der Waals surface area (Å²) in [4.78, 5) is 36.6. The largest absolute Gasteiger partial charge is 0.452 e. The summed E-state index contributed by atoms with van der Waals surface area (Å²) < 4.78 is 5.13. The van der Waals surface area contributed by atoms with Gasteiger partial charge in [-0.2, -0.15) is 0 Å². The zero-order chi connectivity index (χ0) is 19.1. The summed E-state index contributed by atoms with van der Waals surface area (Å²) in [6.07, 6.45) is 4.15. The molecule has 3 rings (SSSR count). The number of esters is 1. The lowest BCUT2D eigenvalue weighted by Gasteiger charge is -2.13. The number of nitrogens with one attached hydrogen (secondary N) is 2. The van der Waals surface area contributed by atoms with E-state index < -0.39 is 5.97 Å². The molecule has 0 atom stereocenters. The molecule has 1 aliphatic rings. The van der Waals surface area contributed by atoms with Crippen molar-refractivity contribution >= 4 is 23.5 Å². The van der Waals surface area contributed by atoms with E-state index in [0.29, 0.717) is 11.3 Å². The summed E-state index contributed by atoms with van der Waals surface area (Å²) in [5.74, 6) is -1.28. The second-order valence-corrected chi connectivity index (χ2v) is 6.49. The Balaban J connectivity index is 1.60. The average Bonchev–Trinajstić information content (AvgIpc) is 3.20. The normalized spacial score (nSPS) is 13.8. The third-order valence-electron chi connectivity index (χ3n) is 4.49. The molecule has 2 aromatic rings. The van der Waals surface area contributed by atoms with E-state index in [9.17, 15) is 14.4 Å². The standard InChI is InChI=1S/C21H22N2O4/c24-19(22-16-10-4-5-11-16)14-27-21(26)17-12-6-7-13-18(17)23-20(25)15-8-2-1-3-9-15/h1-3,6-9,12-13,16H,4-5,10-11,14H2,(H,22,24)(H,23,25). The molecule has 0 aliphatic heterocycles. The summed E-state index contributed by atoms with van der Waals surface area (Å²) in [6.45, 7) is -0.337. The van der Waals surface area contributed by atoms with Crippen LogP contribution < -0.4 is 10.6 Å². The van der Waals surface area contributed by atoms with Crippen LogP contribution in [0.15, 0.2) is 54.6 Å². The van der Waals surface area contributed by atoms with Crippen LogP contribution in [0.3, 0.4) is 0 Å². The number of carbonyl (C=O) groups is 3. The Morgan fingerprint density at radius 1 is 0.926 bits per heavy atom. The molecule has 0 heterocycles. The first-order valence-electron chi connectivity index (χ1n) is 9.05. The Bertz CT molecular complexity index is 814. The molecule has 6 heteroatoms. The SMILES string of the molecule is O=C(COC(=O)c1ccccc1NC(=O)c1ccccc1)NC1CCCC1. The van der Waals surface area contributed by atoms with Crippen LogP contribution in [0.1, 0.15) is 46.4 Å². The first-order valence-corrected chi connectivity index (χ1v) is 9.05. The average molecular weight is 366 g/mol. The Hall–Kier alpha value is -3.15. The summed E-state index contributed by atoms with van der Waals surface area (Å²) >= 11 is 0. The van der Waals surface area contributed by atoms with E-state index in [1.54, 1.807) is 48.5 Å². The van der Waals surface area contributed by atoms with Gasteiger partial charge in [0.05, 0.1) is 11.3 Å². The number of ether oxygens (including phenoxy) is 1. The molecule has 27 heavy (non-hydrogen) atoms. The molecule has 1 saturated carbocycles. The summed E-state index contributed by atoms with van der Waals surface area (Å²) in [5.41, 5.74) is 1.03. The number of rotatable bonds is 6. The minimum Gasteiger partial charge on any atom is -0.452 e. The van der Waals surface area contributed by atoms with Crippen molar-refractivity contribution in [2.24, 2.45) is 0 Å². The van der Waals surface area contributed by atoms with Gasteiger partial charge in [-0.25, -0.2) is 4.79 Å². The molecule has 2 N–H and O–H groups in total. The maximum atomic E-state index is 12.4. The van der Waals surface area contributed by atoms with Crippen LogP contribution >= 0.6 is 0 Å². The topological polar surface area (TPSA) is 84.5 Å². The molecule has 1 aliphatic carbocycles. The second kappa shape index (κ2) is 8.98. The van der Waals surface area contributed by atoms with E-state index in [-0.39, 0.29) is 30.0 Å². The van der Waals surface area contributed by atoms with Gasteiger partial charge in [0.2, 0.25) is 0 Å². The number of carbonyl (C=O) groups excluding carboxylic acids is 3. The Labute approximate surface area is 157 Å². The lowest BCUT2D eigenvalue weighted by atomic mass is 10.1. The first-order chi connectivity index (χ1) is 13.1. The molecule has 0 unspecified atom stereocenters. The fourth-order valence-corrected chi connectivity index (χ4v) is 3.10. The highest BCUT2D eigenvalue weighted by Gasteiger charge is 2.19. The Kier molecular flexibility index (Phi) is 6.20. The van der Waals surface area contributed by atoms with Gasteiger partial charge in [0.15, 0.2) is 6.61 Å². The number of benzene rings is 2. The van der Waals surface area contributed by atoms with Crippen molar-refractivity contribution in [1.29, 1.82) is 0 Å². The number of hydrogen-bond donors (Lipinski definition) is 2. The highest BCUT2D eigenvalue weighted by Crippen LogP contribution is 2.19. The van der Waals surface area contributed by atoms with Crippen LogP contribution in [0.4, 0.5) is 5.69 Å². The minimum atomic E-state index is -0.652. The van der Waals surface area contributed by atoms with Crippen molar-refractivity contribution in [3.05, 3.63) is 65.7 Å². The van der Waals surface area contributed by atoms with Gasteiger partial charge >= 0.3 is 5.97 Å². The van der Waals surface area contributed by atoms with Gasteiger partial charge in [0.1, 0.15) is 0 Å². The van der Waals surface area contributed by atoms with E-state index in [1.807, 2.05) is 6.07 Å². The molecule has 6 nitrogen and oxygen atoms in total. The molecule has 0 saturated heterocycles. The predicted molar refractivity (Wildman–Crippen MR) is 102 cm³/mol. The van der Waals surface area contributed by atoms with Crippen LogP contribution in [0.2, 0.25) is 0 Å². The van der Waals surface area contributed by atoms with Gasteiger partial charge in [-0.15, -0.1) is 0 Å². The van der Waals surface area contributed by atoms with Crippen LogP contribution in [0.5, 0.6) is 0 Å². The minimum absolute atomic E-state index is 0.175. The summed E-state index contributed by atoms with van der Waals surface area (Å²) in [5, 5.41) is 5.58. The second-order valence-electron chi connectivity index (χ2n) is 6.49. The van der Waals surface area contributed by atoms with Crippen LogP contribution in [-0.4, -0.2) is 30.4 Å². The molecular weight excluding hydrogens is 344 g/mol. The Morgan fingerprint density at radius 3 is 2.33 bits per heavy atom. The molecule has 0 bridgehead atoms. The molecule has 140 valence electrons. The number of amides is 2. The van der Waals surface area contributed by atoms with Crippen molar-refractivity contribution < 1.29 is 19.1 Å². The fraction of sp³-hybridized carbons (Fsp3) is 0.286.